The van der Waals surface area contributed by atoms with E-state index in [1.165, 1.54) is 11.1 Å². The van der Waals surface area contributed by atoms with Crippen LogP contribution in [0.25, 0.3) is 0 Å². The van der Waals surface area contributed by atoms with Crippen molar-refractivity contribution in [3.63, 3.8) is 0 Å². The number of nitrogens with zero attached hydrogens (tertiary/aromatic N) is 4. The summed E-state index contributed by atoms with van der Waals surface area (Å²) in [5.41, 5.74) is 4.45. The minimum atomic E-state index is 0.0422. The SMILES string of the molecule is O=C(CC(c1ccccc1)c1ccccc1)N1CCc2cnc(N3CCOCC3)nc2C1. The first-order valence-corrected chi connectivity index (χ1v) is 11.3. The third-order valence-electron chi connectivity index (χ3n) is 6.36. The Morgan fingerprint density at radius 3 is 2.25 bits per heavy atom. The van der Waals surface area contributed by atoms with Crippen LogP contribution in [0.1, 0.15) is 34.7 Å². The molecule has 0 N–H and O–H groups in total. The maximum absolute atomic E-state index is 13.4. The highest BCUT2D eigenvalue weighted by Crippen LogP contribution is 2.30. The number of anilines is 1. The molecule has 3 heterocycles. The van der Waals surface area contributed by atoms with Crippen LogP contribution in [0.5, 0.6) is 0 Å². The molecular weight excluding hydrogens is 400 g/mol. The first kappa shape index (κ1) is 20.6. The predicted molar refractivity (Wildman–Crippen MR) is 124 cm³/mol. The fourth-order valence-corrected chi connectivity index (χ4v) is 4.52. The van der Waals surface area contributed by atoms with Crippen molar-refractivity contribution in [1.29, 1.82) is 0 Å². The number of fused-ring (bicyclic) bond motifs is 1. The lowest BCUT2D eigenvalue weighted by atomic mass is 9.88. The first-order chi connectivity index (χ1) is 15.8. The number of aromatic nitrogens is 2. The molecule has 0 aliphatic carbocycles. The van der Waals surface area contributed by atoms with Crippen molar-refractivity contribution in [3.05, 3.63) is 89.2 Å². The molecule has 2 aliphatic rings. The van der Waals surface area contributed by atoms with E-state index in [2.05, 4.69) is 34.1 Å². The summed E-state index contributed by atoms with van der Waals surface area (Å²) in [5.74, 6) is 0.952. The highest BCUT2D eigenvalue weighted by molar-refractivity contribution is 5.78. The van der Waals surface area contributed by atoms with Crippen LogP contribution in [0.4, 0.5) is 5.95 Å². The molecule has 1 aromatic heterocycles. The second-order valence-electron chi connectivity index (χ2n) is 8.38. The molecule has 1 amide bonds. The number of hydrogen-bond acceptors (Lipinski definition) is 5. The monoisotopic (exact) mass is 428 g/mol. The number of hydrogen-bond donors (Lipinski definition) is 0. The zero-order valence-electron chi connectivity index (χ0n) is 18.2. The third kappa shape index (κ3) is 4.50. The lowest BCUT2D eigenvalue weighted by Gasteiger charge is -2.31. The molecule has 32 heavy (non-hydrogen) atoms. The van der Waals surface area contributed by atoms with E-state index in [4.69, 9.17) is 9.72 Å². The second kappa shape index (κ2) is 9.49. The number of ether oxygens (including phenoxy) is 1. The molecule has 6 nitrogen and oxygen atoms in total. The Bertz CT molecular complexity index is 1010. The van der Waals surface area contributed by atoms with Gasteiger partial charge in [0.1, 0.15) is 0 Å². The predicted octanol–water partition coefficient (Wildman–Crippen LogP) is 3.42. The van der Waals surface area contributed by atoms with Gasteiger partial charge in [0, 0.05) is 38.2 Å². The fraction of sp³-hybridized carbons (Fsp3) is 0.346. The van der Waals surface area contributed by atoms with E-state index < -0.39 is 0 Å². The fourth-order valence-electron chi connectivity index (χ4n) is 4.52. The lowest BCUT2D eigenvalue weighted by molar-refractivity contribution is -0.132. The number of benzene rings is 2. The number of rotatable bonds is 5. The number of carbonyl (C=O) groups is 1. The van der Waals surface area contributed by atoms with Crippen molar-refractivity contribution in [2.75, 3.05) is 37.7 Å². The summed E-state index contributed by atoms with van der Waals surface area (Å²) < 4.78 is 5.44. The summed E-state index contributed by atoms with van der Waals surface area (Å²) in [6.07, 6.45) is 3.18. The van der Waals surface area contributed by atoms with E-state index in [0.29, 0.717) is 32.7 Å². The van der Waals surface area contributed by atoms with Crippen LogP contribution < -0.4 is 4.90 Å². The highest BCUT2D eigenvalue weighted by atomic mass is 16.5. The van der Waals surface area contributed by atoms with Gasteiger partial charge in [-0.2, -0.15) is 0 Å². The van der Waals surface area contributed by atoms with E-state index in [1.807, 2.05) is 47.5 Å². The van der Waals surface area contributed by atoms with Crippen molar-refractivity contribution < 1.29 is 9.53 Å². The van der Waals surface area contributed by atoms with Crippen LogP contribution in [0.3, 0.4) is 0 Å². The van der Waals surface area contributed by atoms with Crippen LogP contribution in [0.2, 0.25) is 0 Å². The molecule has 0 bridgehead atoms. The molecule has 2 aliphatic heterocycles. The minimum Gasteiger partial charge on any atom is -0.378 e. The molecule has 1 fully saturated rings. The molecule has 0 atom stereocenters. The molecular formula is C26H28N4O2. The van der Waals surface area contributed by atoms with Gasteiger partial charge >= 0.3 is 0 Å². The zero-order valence-corrected chi connectivity index (χ0v) is 18.2. The Morgan fingerprint density at radius 1 is 0.938 bits per heavy atom. The molecule has 2 aromatic carbocycles. The maximum atomic E-state index is 13.4. The van der Waals surface area contributed by atoms with Gasteiger partial charge in [-0.05, 0) is 23.1 Å². The Hall–Kier alpha value is -3.25. The molecule has 3 aromatic rings. The van der Waals surface area contributed by atoms with Crippen molar-refractivity contribution in [2.24, 2.45) is 0 Å². The van der Waals surface area contributed by atoms with Crippen LogP contribution >= 0.6 is 0 Å². The number of amides is 1. The Labute approximate surface area is 188 Å². The van der Waals surface area contributed by atoms with E-state index in [1.54, 1.807) is 0 Å². The molecule has 1 saturated heterocycles. The standard InChI is InChI=1S/C26H28N4O2/c31-25(17-23(20-7-3-1-4-8-20)21-9-5-2-6-10-21)30-12-11-22-18-27-26(28-24(22)19-30)29-13-15-32-16-14-29/h1-10,18,23H,11-17,19H2. The van der Waals surface area contributed by atoms with E-state index in [-0.39, 0.29) is 11.8 Å². The van der Waals surface area contributed by atoms with Gasteiger partial charge in [0.15, 0.2) is 0 Å². The molecule has 6 heteroatoms. The van der Waals surface area contributed by atoms with E-state index in [9.17, 15) is 4.79 Å². The van der Waals surface area contributed by atoms with Gasteiger partial charge in [-0.25, -0.2) is 9.97 Å². The summed E-state index contributed by atoms with van der Waals surface area (Å²) in [6.45, 7) is 4.26. The Kier molecular flexibility index (Phi) is 6.12. The minimum absolute atomic E-state index is 0.0422. The lowest BCUT2D eigenvalue weighted by Crippen LogP contribution is -2.39. The van der Waals surface area contributed by atoms with Crippen LogP contribution in [0.15, 0.2) is 66.9 Å². The summed E-state index contributed by atoms with van der Waals surface area (Å²) in [4.78, 5) is 26.9. The van der Waals surface area contributed by atoms with E-state index >= 15 is 0 Å². The highest BCUT2D eigenvalue weighted by Gasteiger charge is 2.27. The average molecular weight is 429 g/mol. The Balaban J connectivity index is 1.33. The van der Waals surface area contributed by atoms with Crippen molar-refractivity contribution >= 4 is 11.9 Å². The quantitative estimate of drug-likeness (QED) is 0.623. The van der Waals surface area contributed by atoms with E-state index in [0.717, 1.165) is 36.7 Å². The molecule has 164 valence electrons. The molecule has 5 rings (SSSR count). The van der Waals surface area contributed by atoms with Crippen molar-refractivity contribution in [3.8, 4) is 0 Å². The summed E-state index contributed by atoms with van der Waals surface area (Å²) in [5, 5.41) is 0. The van der Waals surface area contributed by atoms with Gasteiger partial charge in [-0.1, -0.05) is 60.7 Å². The van der Waals surface area contributed by atoms with Gasteiger partial charge in [0.25, 0.3) is 0 Å². The van der Waals surface area contributed by atoms with Crippen molar-refractivity contribution in [1.82, 2.24) is 14.9 Å². The molecule has 0 unspecified atom stereocenters. The normalized spacial score (nSPS) is 16.2. The average Bonchev–Trinajstić information content (AvgIpc) is 2.88. The molecule has 0 saturated carbocycles. The second-order valence-corrected chi connectivity index (χ2v) is 8.38. The zero-order chi connectivity index (χ0) is 21.8. The largest absolute Gasteiger partial charge is 0.378 e. The summed E-state index contributed by atoms with van der Waals surface area (Å²) in [7, 11) is 0. The number of carbonyl (C=O) groups excluding carboxylic acids is 1. The Morgan fingerprint density at radius 2 is 1.59 bits per heavy atom. The number of morpholine rings is 1. The topological polar surface area (TPSA) is 58.6 Å². The third-order valence-corrected chi connectivity index (χ3v) is 6.36. The van der Waals surface area contributed by atoms with Crippen LogP contribution in [0, 0.1) is 0 Å². The van der Waals surface area contributed by atoms with Gasteiger partial charge in [0.05, 0.1) is 25.5 Å². The summed E-state index contributed by atoms with van der Waals surface area (Å²) >= 11 is 0. The summed E-state index contributed by atoms with van der Waals surface area (Å²) in [6, 6.07) is 20.6. The first-order valence-electron chi connectivity index (χ1n) is 11.3. The van der Waals surface area contributed by atoms with Gasteiger partial charge in [-0.3, -0.25) is 4.79 Å². The van der Waals surface area contributed by atoms with Gasteiger partial charge in [0.2, 0.25) is 11.9 Å². The smallest absolute Gasteiger partial charge is 0.225 e. The van der Waals surface area contributed by atoms with Gasteiger partial charge < -0.3 is 14.5 Å². The van der Waals surface area contributed by atoms with Crippen molar-refractivity contribution in [2.45, 2.75) is 25.3 Å². The van der Waals surface area contributed by atoms with Gasteiger partial charge in [-0.15, -0.1) is 0 Å². The maximum Gasteiger partial charge on any atom is 0.225 e. The van der Waals surface area contributed by atoms with Crippen LogP contribution in [-0.2, 0) is 22.5 Å². The molecule has 0 spiro atoms. The molecule has 0 radical (unpaired) electrons. The van der Waals surface area contributed by atoms with Crippen LogP contribution in [-0.4, -0.2) is 53.6 Å².